The van der Waals surface area contributed by atoms with Crippen molar-refractivity contribution in [3.8, 4) is 0 Å². The average Bonchev–Trinajstić information content (AvgIpc) is 3.17. The largest absolute Gasteiger partial charge is 0.326 e. The minimum absolute atomic E-state index is 0.270. The molecule has 0 radical (unpaired) electrons. The van der Waals surface area contributed by atoms with Gasteiger partial charge in [-0.3, -0.25) is 4.90 Å². The molecule has 1 aliphatic carbocycles. The van der Waals surface area contributed by atoms with Gasteiger partial charge in [0, 0.05) is 16.6 Å². The van der Waals surface area contributed by atoms with Crippen LogP contribution in [0.1, 0.15) is 43.7 Å². The number of benzene rings is 1. The second-order valence-electron chi connectivity index (χ2n) is 5.59. The molecular weight excluding hydrogens is 288 g/mol. The van der Waals surface area contributed by atoms with E-state index in [9.17, 15) is 0 Å². The highest BCUT2D eigenvalue weighted by atomic mass is 79.9. The Morgan fingerprint density at radius 3 is 2.61 bits per heavy atom. The summed E-state index contributed by atoms with van der Waals surface area (Å²) in [5.41, 5.74) is 7.85. The monoisotopic (exact) mass is 308 g/mol. The summed E-state index contributed by atoms with van der Waals surface area (Å²) >= 11 is 3.70. The SMILES string of the molecule is NC1CCCCN(C2CC2)C1c1ccccc1Br. The van der Waals surface area contributed by atoms with Gasteiger partial charge in [-0.15, -0.1) is 0 Å². The Bertz CT molecular complexity index is 417. The van der Waals surface area contributed by atoms with Crippen molar-refractivity contribution >= 4 is 15.9 Å². The first-order valence-electron chi connectivity index (χ1n) is 7.03. The average molecular weight is 309 g/mol. The van der Waals surface area contributed by atoms with Crippen molar-refractivity contribution in [2.75, 3.05) is 6.54 Å². The van der Waals surface area contributed by atoms with Crippen molar-refractivity contribution in [3.63, 3.8) is 0 Å². The van der Waals surface area contributed by atoms with E-state index < -0.39 is 0 Å². The van der Waals surface area contributed by atoms with E-state index in [0.29, 0.717) is 6.04 Å². The second kappa shape index (κ2) is 5.32. The van der Waals surface area contributed by atoms with Gasteiger partial charge in [0.2, 0.25) is 0 Å². The maximum absolute atomic E-state index is 6.47. The number of rotatable bonds is 2. The van der Waals surface area contributed by atoms with E-state index >= 15 is 0 Å². The Morgan fingerprint density at radius 1 is 1.11 bits per heavy atom. The molecule has 1 heterocycles. The molecule has 1 aromatic rings. The summed E-state index contributed by atoms with van der Waals surface area (Å²) in [4.78, 5) is 2.66. The van der Waals surface area contributed by atoms with Gasteiger partial charge >= 0.3 is 0 Å². The lowest BCUT2D eigenvalue weighted by atomic mass is 9.96. The summed E-state index contributed by atoms with van der Waals surface area (Å²) in [6.07, 6.45) is 6.42. The van der Waals surface area contributed by atoms with Gasteiger partial charge in [-0.1, -0.05) is 40.5 Å². The normalized spacial score (nSPS) is 30.1. The van der Waals surface area contributed by atoms with Crippen LogP contribution in [0, 0.1) is 0 Å². The Hall–Kier alpha value is -0.380. The number of likely N-dealkylation sites (tertiary alicyclic amines) is 1. The predicted molar refractivity (Wildman–Crippen MR) is 78.4 cm³/mol. The summed E-state index contributed by atoms with van der Waals surface area (Å²) < 4.78 is 1.21. The zero-order valence-electron chi connectivity index (χ0n) is 10.7. The molecule has 0 aromatic heterocycles. The van der Waals surface area contributed by atoms with Gasteiger partial charge < -0.3 is 5.73 Å². The first-order chi connectivity index (χ1) is 8.77. The molecule has 98 valence electrons. The van der Waals surface area contributed by atoms with Crippen LogP contribution >= 0.6 is 15.9 Å². The Labute approximate surface area is 118 Å². The third-order valence-electron chi connectivity index (χ3n) is 4.21. The molecular formula is C15H21BrN2. The smallest absolute Gasteiger partial charge is 0.0513 e. The highest BCUT2D eigenvalue weighted by molar-refractivity contribution is 9.10. The van der Waals surface area contributed by atoms with E-state index in [1.165, 1.54) is 42.3 Å². The number of halogens is 1. The third kappa shape index (κ3) is 2.49. The molecule has 1 aliphatic heterocycles. The Kier molecular flexibility index (Phi) is 3.73. The van der Waals surface area contributed by atoms with Crippen molar-refractivity contribution in [1.82, 2.24) is 4.90 Å². The summed E-state index contributed by atoms with van der Waals surface area (Å²) in [5, 5.41) is 0. The molecule has 2 aliphatic rings. The summed E-state index contributed by atoms with van der Waals surface area (Å²) in [5.74, 6) is 0. The fourth-order valence-corrected chi connectivity index (χ4v) is 3.68. The van der Waals surface area contributed by atoms with Gasteiger partial charge in [0.05, 0.1) is 6.04 Å². The molecule has 3 heteroatoms. The van der Waals surface area contributed by atoms with E-state index in [-0.39, 0.29) is 6.04 Å². The van der Waals surface area contributed by atoms with Crippen LogP contribution in [0.25, 0.3) is 0 Å². The number of hydrogen-bond acceptors (Lipinski definition) is 2. The van der Waals surface area contributed by atoms with Crippen molar-refractivity contribution in [2.45, 2.75) is 50.2 Å². The van der Waals surface area contributed by atoms with Crippen molar-refractivity contribution in [1.29, 1.82) is 0 Å². The molecule has 1 saturated carbocycles. The summed E-state index contributed by atoms with van der Waals surface area (Å²) in [6, 6.07) is 10.0. The lowest BCUT2D eigenvalue weighted by Crippen LogP contribution is -2.41. The van der Waals surface area contributed by atoms with Crippen LogP contribution in [0.5, 0.6) is 0 Å². The fourth-order valence-electron chi connectivity index (χ4n) is 3.16. The van der Waals surface area contributed by atoms with Crippen LogP contribution < -0.4 is 5.73 Å². The quantitative estimate of drug-likeness (QED) is 0.906. The van der Waals surface area contributed by atoms with Crippen LogP contribution in [0.2, 0.25) is 0 Å². The number of hydrogen-bond donors (Lipinski definition) is 1. The molecule has 2 nitrogen and oxygen atoms in total. The molecule has 2 unspecified atom stereocenters. The van der Waals surface area contributed by atoms with Crippen LogP contribution in [0.3, 0.4) is 0 Å². The molecule has 2 fully saturated rings. The number of nitrogens with zero attached hydrogens (tertiary/aromatic N) is 1. The standard InChI is InChI=1S/C15H21BrN2/c16-13-6-2-1-5-12(13)15-14(17)7-3-4-10-18(15)11-8-9-11/h1-2,5-6,11,14-15H,3-4,7-10,17H2. The molecule has 0 spiro atoms. The van der Waals surface area contributed by atoms with E-state index in [4.69, 9.17) is 5.73 Å². The third-order valence-corrected chi connectivity index (χ3v) is 4.93. The van der Waals surface area contributed by atoms with Gasteiger partial charge in [-0.25, -0.2) is 0 Å². The van der Waals surface area contributed by atoms with Crippen LogP contribution in [-0.4, -0.2) is 23.5 Å². The van der Waals surface area contributed by atoms with Gasteiger partial charge in [0.25, 0.3) is 0 Å². The lowest BCUT2D eigenvalue weighted by molar-refractivity contribution is 0.175. The minimum Gasteiger partial charge on any atom is -0.326 e. The van der Waals surface area contributed by atoms with Gasteiger partial charge in [-0.05, 0) is 43.9 Å². The lowest BCUT2D eigenvalue weighted by Gasteiger charge is -2.34. The van der Waals surface area contributed by atoms with Crippen LogP contribution in [-0.2, 0) is 0 Å². The van der Waals surface area contributed by atoms with Crippen molar-refractivity contribution in [3.05, 3.63) is 34.3 Å². The van der Waals surface area contributed by atoms with Gasteiger partial charge in [0.15, 0.2) is 0 Å². The maximum Gasteiger partial charge on any atom is 0.0513 e. The maximum atomic E-state index is 6.47. The highest BCUT2D eigenvalue weighted by Crippen LogP contribution is 2.40. The highest BCUT2D eigenvalue weighted by Gasteiger charge is 2.38. The molecule has 1 saturated heterocycles. The Morgan fingerprint density at radius 2 is 1.89 bits per heavy atom. The van der Waals surface area contributed by atoms with Gasteiger partial charge in [-0.2, -0.15) is 0 Å². The van der Waals surface area contributed by atoms with Crippen molar-refractivity contribution in [2.24, 2.45) is 5.73 Å². The number of nitrogens with two attached hydrogens (primary N) is 1. The van der Waals surface area contributed by atoms with Crippen LogP contribution in [0.4, 0.5) is 0 Å². The zero-order chi connectivity index (χ0) is 12.5. The molecule has 2 atom stereocenters. The molecule has 0 bridgehead atoms. The molecule has 0 amide bonds. The first kappa shape index (κ1) is 12.6. The van der Waals surface area contributed by atoms with Crippen LogP contribution in [0.15, 0.2) is 28.7 Å². The van der Waals surface area contributed by atoms with E-state index in [0.717, 1.165) is 12.5 Å². The topological polar surface area (TPSA) is 29.3 Å². The fraction of sp³-hybridized carbons (Fsp3) is 0.600. The van der Waals surface area contributed by atoms with Crippen molar-refractivity contribution < 1.29 is 0 Å². The summed E-state index contributed by atoms with van der Waals surface area (Å²) in [6.45, 7) is 1.21. The first-order valence-corrected chi connectivity index (χ1v) is 7.82. The minimum atomic E-state index is 0.270. The summed E-state index contributed by atoms with van der Waals surface area (Å²) in [7, 11) is 0. The molecule has 3 rings (SSSR count). The molecule has 1 aromatic carbocycles. The van der Waals surface area contributed by atoms with E-state index in [1.54, 1.807) is 0 Å². The van der Waals surface area contributed by atoms with E-state index in [1.807, 2.05) is 0 Å². The molecule has 2 N–H and O–H groups in total. The van der Waals surface area contributed by atoms with Gasteiger partial charge in [0.1, 0.15) is 0 Å². The van der Waals surface area contributed by atoms with E-state index in [2.05, 4.69) is 45.1 Å². The Balaban J connectivity index is 1.95. The second-order valence-corrected chi connectivity index (χ2v) is 6.45. The molecule has 18 heavy (non-hydrogen) atoms. The predicted octanol–water partition coefficient (Wildman–Crippen LogP) is 3.47. The zero-order valence-corrected chi connectivity index (χ0v) is 12.3.